The molecule has 5 rings (SSSR count). The molecule has 43 heavy (non-hydrogen) atoms. The number of alkyl halides is 3. The van der Waals surface area contributed by atoms with Crippen LogP contribution in [-0.4, -0.2) is 51.5 Å². The van der Waals surface area contributed by atoms with Gasteiger partial charge in [-0.25, -0.2) is 8.78 Å². The van der Waals surface area contributed by atoms with Crippen LogP contribution in [0.1, 0.15) is 33.5 Å². The zero-order valence-electron chi connectivity index (χ0n) is 22.3. The van der Waals surface area contributed by atoms with Crippen molar-refractivity contribution in [2.75, 3.05) is 23.3 Å². The first-order chi connectivity index (χ1) is 20.5. The molecule has 3 heterocycles. The summed E-state index contributed by atoms with van der Waals surface area (Å²) in [7, 11) is 0. The van der Waals surface area contributed by atoms with E-state index >= 15 is 0 Å². The Balaban J connectivity index is 1.11. The van der Waals surface area contributed by atoms with Crippen molar-refractivity contribution in [3.05, 3.63) is 87.4 Å². The van der Waals surface area contributed by atoms with Crippen molar-refractivity contribution >= 4 is 34.7 Å². The molecular weight excluding hydrogens is 595 g/mol. The third-order valence-electron chi connectivity index (χ3n) is 6.51. The number of hydrogen-bond donors (Lipinski definition) is 1. The first-order valence-corrected chi connectivity index (χ1v) is 13.8. The van der Waals surface area contributed by atoms with Crippen molar-refractivity contribution in [1.29, 1.82) is 0 Å². The Morgan fingerprint density at radius 3 is 2.56 bits per heavy atom. The standard InChI is InChI=1S/C28H23F5N6O3S/c29-19-5-4-17(22(30)13-19)12-20(40)14-26-37-38-27(43-26)18-8-9-39(15-18)24-7-6-23(35-36-24)34-25(41)11-16-2-1-3-21(10-16)42-28(31,32)33/h1-7,10,13,18H,8-9,11-12,14-15H2,(H,34,35,41). The molecule has 1 amide bonds. The Morgan fingerprint density at radius 2 is 1.81 bits per heavy atom. The number of ether oxygens (including phenoxy) is 1. The van der Waals surface area contributed by atoms with Crippen LogP contribution in [0, 0.1) is 11.6 Å². The summed E-state index contributed by atoms with van der Waals surface area (Å²) in [6.45, 7) is 1.25. The van der Waals surface area contributed by atoms with E-state index < -0.39 is 29.7 Å². The molecule has 1 saturated heterocycles. The van der Waals surface area contributed by atoms with Crippen LogP contribution in [0.2, 0.25) is 0 Å². The Labute approximate surface area is 245 Å². The van der Waals surface area contributed by atoms with E-state index in [1.54, 1.807) is 12.1 Å². The molecule has 1 fully saturated rings. The molecule has 0 spiro atoms. The van der Waals surface area contributed by atoms with Crippen molar-refractivity contribution in [2.45, 2.75) is 38.0 Å². The number of nitrogens with zero attached hydrogens (tertiary/aromatic N) is 5. The summed E-state index contributed by atoms with van der Waals surface area (Å²) in [6, 6.07) is 11.5. The average molecular weight is 619 g/mol. The number of carbonyl (C=O) groups excluding carboxylic acids is 2. The summed E-state index contributed by atoms with van der Waals surface area (Å²) < 4.78 is 68.2. The number of benzene rings is 2. The van der Waals surface area contributed by atoms with Crippen molar-refractivity contribution in [1.82, 2.24) is 20.4 Å². The van der Waals surface area contributed by atoms with E-state index in [4.69, 9.17) is 0 Å². The molecular formula is C28H23F5N6O3S. The number of halogens is 5. The number of nitrogens with one attached hydrogen (secondary N) is 1. The third kappa shape index (κ3) is 8.28. The van der Waals surface area contributed by atoms with Crippen LogP contribution < -0.4 is 15.0 Å². The lowest BCUT2D eigenvalue weighted by molar-refractivity contribution is -0.274. The molecule has 2 aromatic carbocycles. The van der Waals surface area contributed by atoms with Crippen molar-refractivity contribution < 1.29 is 36.3 Å². The van der Waals surface area contributed by atoms with E-state index in [0.29, 0.717) is 29.5 Å². The fourth-order valence-electron chi connectivity index (χ4n) is 4.57. The quantitative estimate of drug-likeness (QED) is 0.247. The number of amides is 1. The van der Waals surface area contributed by atoms with Gasteiger partial charge in [-0.15, -0.1) is 44.9 Å². The van der Waals surface area contributed by atoms with Crippen molar-refractivity contribution in [2.24, 2.45) is 0 Å². The summed E-state index contributed by atoms with van der Waals surface area (Å²) in [4.78, 5) is 26.8. The molecule has 1 N–H and O–H groups in total. The topological polar surface area (TPSA) is 110 Å². The normalized spacial score (nSPS) is 15.0. The summed E-state index contributed by atoms with van der Waals surface area (Å²) in [5.74, 6) is -1.81. The van der Waals surface area contributed by atoms with E-state index in [0.717, 1.165) is 35.7 Å². The first-order valence-electron chi connectivity index (χ1n) is 13.0. The molecule has 0 aliphatic carbocycles. The van der Waals surface area contributed by atoms with E-state index in [-0.39, 0.29) is 42.3 Å². The highest BCUT2D eigenvalue weighted by atomic mass is 32.1. The zero-order valence-corrected chi connectivity index (χ0v) is 23.1. The van der Waals surface area contributed by atoms with Gasteiger partial charge in [-0.2, -0.15) is 0 Å². The first kappa shape index (κ1) is 29.9. The predicted molar refractivity (Wildman–Crippen MR) is 146 cm³/mol. The molecule has 0 saturated carbocycles. The lowest BCUT2D eigenvalue weighted by atomic mass is 10.1. The number of anilines is 2. The van der Waals surface area contributed by atoms with Crippen LogP contribution in [0.3, 0.4) is 0 Å². The van der Waals surface area contributed by atoms with Crippen LogP contribution >= 0.6 is 11.3 Å². The zero-order chi connectivity index (χ0) is 30.6. The van der Waals surface area contributed by atoms with Crippen LogP contribution in [0.5, 0.6) is 5.75 Å². The maximum atomic E-state index is 13.9. The largest absolute Gasteiger partial charge is 0.573 e. The van der Waals surface area contributed by atoms with E-state index in [1.165, 1.54) is 29.5 Å². The van der Waals surface area contributed by atoms with E-state index in [1.807, 2.05) is 4.90 Å². The molecule has 4 aromatic rings. The number of rotatable bonds is 10. The fourth-order valence-corrected chi connectivity index (χ4v) is 5.56. The highest BCUT2D eigenvalue weighted by Gasteiger charge is 2.31. The highest BCUT2D eigenvalue weighted by molar-refractivity contribution is 7.11. The van der Waals surface area contributed by atoms with Gasteiger partial charge in [0.15, 0.2) is 11.6 Å². The van der Waals surface area contributed by atoms with Crippen LogP contribution in [0.25, 0.3) is 0 Å². The molecule has 1 unspecified atom stereocenters. The molecule has 1 aliphatic rings. The Kier molecular flexibility index (Phi) is 8.89. The molecule has 0 bridgehead atoms. The molecule has 2 aromatic heterocycles. The Hall–Kier alpha value is -4.53. The lowest BCUT2D eigenvalue weighted by Gasteiger charge is -2.16. The molecule has 15 heteroatoms. The third-order valence-corrected chi connectivity index (χ3v) is 7.60. The fraction of sp³-hybridized carbons (Fsp3) is 0.286. The second kappa shape index (κ2) is 12.8. The molecule has 0 radical (unpaired) electrons. The minimum absolute atomic E-state index is 0.00362. The van der Waals surface area contributed by atoms with Gasteiger partial charge in [0.25, 0.3) is 0 Å². The molecule has 1 atom stereocenters. The highest BCUT2D eigenvalue weighted by Crippen LogP contribution is 2.32. The van der Waals surface area contributed by atoms with Gasteiger partial charge in [0.2, 0.25) is 5.91 Å². The number of hydrogen-bond acceptors (Lipinski definition) is 9. The summed E-state index contributed by atoms with van der Waals surface area (Å²) >= 11 is 1.32. The second-order valence-electron chi connectivity index (χ2n) is 9.79. The number of ketones is 1. The number of Topliss-reactive ketones (excluding diaryl/α,β-unsaturated/α-hetero) is 1. The lowest BCUT2D eigenvalue weighted by Crippen LogP contribution is -2.21. The Morgan fingerprint density at radius 1 is 0.977 bits per heavy atom. The molecule has 9 nitrogen and oxygen atoms in total. The van der Waals surface area contributed by atoms with Gasteiger partial charge in [-0.3, -0.25) is 9.59 Å². The monoisotopic (exact) mass is 618 g/mol. The summed E-state index contributed by atoms with van der Waals surface area (Å²) in [5.41, 5.74) is 0.455. The maximum absolute atomic E-state index is 13.9. The minimum Gasteiger partial charge on any atom is -0.406 e. The van der Waals surface area contributed by atoms with Crippen LogP contribution in [0.4, 0.5) is 33.6 Å². The van der Waals surface area contributed by atoms with Gasteiger partial charge in [0.05, 0.1) is 12.8 Å². The van der Waals surface area contributed by atoms with E-state index in [9.17, 15) is 31.5 Å². The number of aromatic nitrogens is 4. The van der Waals surface area contributed by atoms with Crippen molar-refractivity contribution in [3.63, 3.8) is 0 Å². The van der Waals surface area contributed by atoms with Crippen molar-refractivity contribution in [3.8, 4) is 5.75 Å². The van der Waals surface area contributed by atoms with Gasteiger partial charge >= 0.3 is 6.36 Å². The van der Waals surface area contributed by atoms with Gasteiger partial charge in [0, 0.05) is 31.5 Å². The second-order valence-corrected chi connectivity index (χ2v) is 10.9. The van der Waals surface area contributed by atoms with Gasteiger partial charge < -0.3 is 15.0 Å². The predicted octanol–water partition coefficient (Wildman–Crippen LogP) is 5.03. The smallest absolute Gasteiger partial charge is 0.406 e. The maximum Gasteiger partial charge on any atom is 0.573 e. The van der Waals surface area contributed by atoms with Gasteiger partial charge in [0.1, 0.15) is 33.2 Å². The van der Waals surface area contributed by atoms with Gasteiger partial charge in [-0.1, -0.05) is 18.2 Å². The minimum atomic E-state index is -4.83. The van der Waals surface area contributed by atoms with Gasteiger partial charge in [-0.05, 0) is 47.9 Å². The summed E-state index contributed by atoms with van der Waals surface area (Å²) in [5, 5.41) is 20.4. The molecule has 1 aliphatic heterocycles. The van der Waals surface area contributed by atoms with Crippen LogP contribution in [0.15, 0.2) is 54.6 Å². The average Bonchev–Trinajstić information content (AvgIpc) is 3.60. The SMILES string of the molecule is O=C(Cc1nnc(C2CCN(c3ccc(NC(=O)Cc4cccc(OC(F)(F)F)c4)nn3)C2)s1)Cc1ccc(F)cc1F. The van der Waals surface area contributed by atoms with E-state index in [2.05, 4.69) is 30.4 Å². The van der Waals surface area contributed by atoms with Crippen LogP contribution in [-0.2, 0) is 28.9 Å². The summed E-state index contributed by atoms with van der Waals surface area (Å²) in [6.07, 6.45) is -4.43. The number of carbonyl (C=O) groups is 2. The Bertz CT molecular complexity index is 1620. The molecule has 224 valence electrons.